The minimum Gasteiger partial charge on any atom is -0.356 e. The van der Waals surface area contributed by atoms with Gasteiger partial charge in [0.2, 0.25) is 5.91 Å². The van der Waals surface area contributed by atoms with Crippen LogP contribution in [0.2, 0.25) is 0 Å². The molecule has 1 fully saturated rings. The Kier molecular flexibility index (Phi) is 5.92. The highest BCUT2D eigenvalue weighted by molar-refractivity contribution is 5.76. The first-order valence-electron chi connectivity index (χ1n) is 6.79. The number of nitrogens with zero attached hydrogens (tertiary/aromatic N) is 1. The quantitative estimate of drug-likeness (QED) is 0.724. The van der Waals surface area contributed by atoms with Crippen LogP contribution in [0.25, 0.3) is 0 Å². The van der Waals surface area contributed by atoms with Crippen molar-refractivity contribution in [2.75, 3.05) is 26.2 Å². The number of likely N-dealkylation sites (tertiary alicyclic amines) is 1. The second-order valence-corrected chi connectivity index (χ2v) is 5.35. The van der Waals surface area contributed by atoms with Gasteiger partial charge in [0.15, 0.2) is 0 Å². The number of rotatable bonds is 6. The first-order valence-corrected chi connectivity index (χ1v) is 6.79. The highest BCUT2D eigenvalue weighted by Crippen LogP contribution is 2.24. The van der Waals surface area contributed by atoms with Crippen molar-refractivity contribution in [3.63, 3.8) is 0 Å². The molecule has 100 valence electrons. The van der Waals surface area contributed by atoms with Gasteiger partial charge < -0.3 is 11.1 Å². The first-order chi connectivity index (χ1) is 8.08. The fourth-order valence-electron chi connectivity index (χ4n) is 2.38. The Bertz CT molecular complexity index is 235. The van der Waals surface area contributed by atoms with Crippen LogP contribution in [-0.4, -0.2) is 43.0 Å². The summed E-state index contributed by atoms with van der Waals surface area (Å²) in [5, 5.41) is 2.92. The average molecular weight is 241 g/mol. The molecular weight excluding hydrogens is 214 g/mol. The first kappa shape index (κ1) is 14.5. The third-order valence-corrected chi connectivity index (χ3v) is 3.80. The Hall–Kier alpha value is -0.610. The summed E-state index contributed by atoms with van der Waals surface area (Å²) in [7, 11) is 0. The second kappa shape index (κ2) is 6.97. The number of nitrogens with two attached hydrogens (primary N) is 1. The lowest BCUT2D eigenvalue weighted by Crippen LogP contribution is -2.43. The van der Waals surface area contributed by atoms with Gasteiger partial charge in [0.05, 0.1) is 0 Å². The van der Waals surface area contributed by atoms with E-state index in [2.05, 4.69) is 31.0 Å². The van der Waals surface area contributed by atoms with Gasteiger partial charge in [-0.05, 0) is 18.3 Å². The third-order valence-electron chi connectivity index (χ3n) is 3.80. The molecule has 0 aromatic carbocycles. The molecule has 0 aromatic rings. The van der Waals surface area contributed by atoms with Crippen molar-refractivity contribution >= 4 is 5.91 Å². The van der Waals surface area contributed by atoms with E-state index in [0.717, 1.165) is 26.1 Å². The van der Waals surface area contributed by atoms with E-state index in [1.54, 1.807) is 0 Å². The molecule has 1 heterocycles. The fourth-order valence-corrected chi connectivity index (χ4v) is 2.38. The van der Waals surface area contributed by atoms with Gasteiger partial charge in [0.1, 0.15) is 0 Å². The number of nitrogens with one attached hydrogen (secondary N) is 1. The molecule has 0 spiro atoms. The van der Waals surface area contributed by atoms with E-state index in [0.29, 0.717) is 24.8 Å². The highest BCUT2D eigenvalue weighted by Gasteiger charge is 2.31. The topological polar surface area (TPSA) is 58.4 Å². The van der Waals surface area contributed by atoms with Crippen molar-refractivity contribution < 1.29 is 4.79 Å². The van der Waals surface area contributed by atoms with Crippen molar-refractivity contribution in [2.24, 2.45) is 17.6 Å². The van der Waals surface area contributed by atoms with Crippen molar-refractivity contribution in [3.05, 3.63) is 0 Å². The zero-order valence-electron chi connectivity index (χ0n) is 11.4. The molecule has 4 nitrogen and oxygen atoms in total. The molecule has 0 aliphatic carbocycles. The van der Waals surface area contributed by atoms with E-state index in [9.17, 15) is 4.79 Å². The lowest BCUT2D eigenvalue weighted by Gasteiger charge is -2.26. The van der Waals surface area contributed by atoms with Gasteiger partial charge in [0.25, 0.3) is 0 Å². The van der Waals surface area contributed by atoms with E-state index in [4.69, 9.17) is 5.73 Å². The van der Waals surface area contributed by atoms with Crippen LogP contribution in [-0.2, 0) is 4.79 Å². The van der Waals surface area contributed by atoms with Crippen LogP contribution in [0.15, 0.2) is 0 Å². The molecule has 3 atom stereocenters. The van der Waals surface area contributed by atoms with Gasteiger partial charge in [0, 0.05) is 38.6 Å². The normalized spacial score (nSPS) is 27.1. The van der Waals surface area contributed by atoms with Crippen LogP contribution in [0.4, 0.5) is 0 Å². The number of hydrogen-bond acceptors (Lipinski definition) is 3. The Balaban J connectivity index is 2.40. The summed E-state index contributed by atoms with van der Waals surface area (Å²) < 4.78 is 0. The minimum absolute atomic E-state index is 0.134. The third kappa shape index (κ3) is 4.28. The summed E-state index contributed by atoms with van der Waals surface area (Å²) in [6, 6.07) is 0.208. The molecule has 0 saturated carbocycles. The highest BCUT2D eigenvalue weighted by atomic mass is 16.1. The average Bonchev–Trinajstić information content (AvgIpc) is 2.63. The van der Waals surface area contributed by atoms with Gasteiger partial charge >= 0.3 is 0 Å². The molecule has 0 radical (unpaired) electrons. The number of hydrogen-bond donors (Lipinski definition) is 2. The Morgan fingerprint density at radius 1 is 1.41 bits per heavy atom. The largest absolute Gasteiger partial charge is 0.356 e. The van der Waals surface area contributed by atoms with E-state index in [1.165, 1.54) is 0 Å². The molecule has 17 heavy (non-hydrogen) atoms. The SMILES string of the molecule is CCCNC(=O)CC(CN)N1CC(C)C(C)C1. The maximum absolute atomic E-state index is 11.7. The maximum atomic E-state index is 11.7. The van der Waals surface area contributed by atoms with Gasteiger partial charge in [-0.25, -0.2) is 0 Å². The molecular formula is C13H27N3O. The Labute approximate surface area is 105 Å². The lowest BCUT2D eigenvalue weighted by molar-refractivity contribution is -0.122. The van der Waals surface area contributed by atoms with Crippen LogP contribution < -0.4 is 11.1 Å². The monoisotopic (exact) mass is 241 g/mol. The standard InChI is InChI=1S/C13H27N3O/c1-4-5-15-13(17)6-12(7-14)16-8-10(2)11(3)9-16/h10-12H,4-9,14H2,1-3H3,(H,15,17). The molecule has 0 aromatic heterocycles. The molecule has 3 N–H and O–H groups in total. The Morgan fingerprint density at radius 2 is 2.00 bits per heavy atom. The summed E-state index contributed by atoms with van der Waals surface area (Å²) in [5.41, 5.74) is 5.80. The molecule has 1 saturated heterocycles. The van der Waals surface area contributed by atoms with Crippen LogP contribution in [0, 0.1) is 11.8 Å². The second-order valence-electron chi connectivity index (χ2n) is 5.35. The summed E-state index contributed by atoms with van der Waals surface area (Å²) in [4.78, 5) is 14.1. The molecule has 1 amide bonds. The molecule has 1 aliphatic heterocycles. The molecule has 0 bridgehead atoms. The van der Waals surface area contributed by atoms with Crippen molar-refractivity contribution in [3.8, 4) is 0 Å². The van der Waals surface area contributed by atoms with Crippen molar-refractivity contribution in [1.29, 1.82) is 0 Å². The predicted octanol–water partition coefficient (Wildman–Crippen LogP) is 0.818. The predicted molar refractivity (Wildman–Crippen MR) is 70.7 cm³/mol. The van der Waals surface area contributed by atoms with E-state index < -0.39 is 0 Å². The zero-order chi connectivity index (χ0) is 12.8. The fraction of sp³-hybridized carbons (Fsp3) is 0.923. The van der Waals surface area contributed by atoms with Crippen LogP contribution in [0.5, 0.6) is 0 Å². The van der Waals surface area contributed by atoms with Crippen LogP contribution in [0.1, 0.15) is 33.6 Å². The number of carbonyl (C=O) groups is 1. The van der Waals surface area contributed by atoms with Crippen LogP contribution >= 0.6 is 0 Å². The number of amides is 1. The van der Waals surface area contributed by atoms with E-state index in [-0.39, 0.29) is 11.9 Å². The molecule has 1 rings (SSSR count). The molecule has 1 aliphatic rings. The van der Waals surface area contributed by atoms with Gasteiger partial charge in [-0.3, -0.25) is 9.69 Å². The maximum Gasteiger partial charge on any atom is 0.221 e. The van der Waals surface area contributed by atoms with Crippen molar-refractivity contribution in [1.82, 2.24) is 10.2 Å². The lowest BCUT2D eigenvalue weighted by atomic mass is 10.0. The molecule has 4 heteroatoms. The van der Waals surface area contributed by atoms with Gasteiger partial charge in [-0.2, -0.15) is 0 Å². The summed E-state index contributed by atoms with van der Waals surface area (Å²) in [6.45, 7) is 10.1. The van der Waals surface area contributed by atoms with E-state index in [1.807, 2.05) is 0 Å². The molecule has 3 unspecified atom stereocenters. The smallest absolute Gasteiger partial charge is 0.221 e. The van der Waals surface area contributed by atoms with Crippen LogP contribution in [0.3, 0.4) is 0 Å². The summed E-state index contributed by atoms with van der Waals surface area (Å²) in [5.74, 6) is 1.56. The van der Waals surface area contributed by atoms with E-state index >= 15 is 0 Å². The van der Waals surface area contributed by atoms with Crippen molar-refractivity contribution in [2.45, 2.75) is 39.7 Å². The zero-order valence-corrected chi connectivity index (χ0v) is 11.4. The summed E-state index contributed by atoms with van der Waals surface area (Å²) >= 11 is 0. The summed E-state index contributed by atoms with van der Waals surface area (Å²) in [6.07, 6.45) is 1.52. The Morgan fingerprint density at radius 3 is 2.47 bits per heavy atom. The van der Waals surface area contributed by atoms with Gasteiger partial charge in [-0.1, -0.05) is 20.8 Å². The minimum atomic E-state index is 0.134. The van der Waals surface area contributed by atoms with Gasteiger partial charge in [-0.15, -0.1) is 0 Å². The number of carbonyl (C=O) groups excluding carboxylic acids is 1.